The van der Waals surface area contributed by atoms with Gasteiger partial charge < -0.3 is 19.5 Å². The lowest BCUT2D eigenvalue weighted by Gasteiger charge is -2.18. The van der Waals surface area contributed by atoms with Crippen LogP contribution >= 0.6 is 0 Å². The number of amides is 3. The number of urea groups is 1. The third-order valence-corrected chi connectivity index (χ3v) is 3.59. The smallest absolute Gasteiger partial charge is 0.325 e. The van der Waals surface area contributed by atoms with Crippen LogP contribution in [0.1, 0.15) is 6.92 Å². The lowest BCUT2D eigenvalue weighted by atomic mass is 10.3. The molecule has 3 rings (SSSR count). The molecular formula is C16H18N4O4. The molecule has 1 aromatic heterocycles. The van der Waals surface area contributed by atoms with Crippen molar-refractivity contribution in [1.82, 2.24) is 10.1 Å². The molecule has 126 valence electrons. The molecule has 0 unspecified atom stereocenters. The second-order valence-electron chi connectivity index (χ2n) is 5.22. The number of aromatic nitrogens is 1. The fourth-order valence-corrected chi connectivity index (χ4v) is 2.49. The number of ether oxygens (including phenoxy) is 1. The average molecular weight is 330 g/mol. The molecule has 2 heterocycles. The van der Waals surface area contributed by atoms with Crippen LogP contribution in [0.25, 0.3) is 0 Å². The fourth-order valence-electron chi connectivity index (χ4n) is 2.49. The van der Waals surface area contributed by atoms with Gasteiger partial charge in [0.25, 0.3) is 0 Å². The van der Waals surface area contributed by atoms with Gasteiger partial charge in [-0.25, -0.2) is 4.79 Å². The van der Waals surface area contributed by atoms with E-state index in [2.05, 4.69) is 15.0 Å². The van der Waals surface area contributed by atoms with E-state index >= 15 is 0 Å². The van der Waals surface area contributed by atoms with E-state index < -0.39 is 0 Å². The van der Waals surface area contributed by atoms with Crippen molar-refractivity contribution in [3.63, 3.8) is 0 Å². The van der Waals surface area contributed by atoms with Crippen LogP contribution in [0.5, 0.6) is 5.75 Å². The molecule has 0 aliphatic carbocycles. The topological polar surface area (TPSA) is 87.9 Å². The fraction of sp³-hybridized carbons (Fsp3) is 0.312. The molecule has 1 N–H and O–H groups in total. The largest absolute Gasteiger partial charge is 0.494 e. The maximum atomic E-state index is 12.5. The summed E-state index contributed by atoms with van der Waals surface area (Å²) in [5, 5.41) is 6.18. The Hall–Kier alpha value is -3.03. The van der Waals surface area contributed by atoms with E-state index in [-0.39, 0.29) is 18.5 Å². The molecule has 8 nitrogen and oxygen atoms in total. The summed E-state index contributed by atoms with van der Waals surface area (Å²) in [5.41, 5.74) is 0.780. The summed E-state index contributed by atoms with van der Waals surface area (Å²) in [6.07, 6.45) is 1.37. The summed E-state index contributed by atoms with van der Waals surface area (Å²) in [7, 11) is 0. The molecule has 1 saturated heterocycles. The first-order valence-electron chi connectivity index (χ1n) is 7.67. The van der Waals surface area contributed by atoms with E-state index in [4.69, 9.17) is 4.74 Å². The number of nitrogens with one attached hydrogen (secondary N) is 1. The van der Waals surface area contributed by atoms with Crippen molar-refractivity contribution in [1.29, 1.82) is 0 Å². The highest BCUT2D eigenvalue weighted by molar-refractivity contribution is 5.99. The van der Waals surface area contributed by atoms with Crippen LogP contribution in [-0.4, -0.2) is 48.2 Å². The van der Waals surface area contributed by atoms with Gasteiger partial charge in [0.05, 0.1) is 6.61 Å². The highest BCUT2D eigenvalue weighted by Crippen LogP contribution is 2.23. The van der Waals surface area contributed by atoms with Gasteiger partial charge in [0.1, 0.15) is 18.6 Å². The maximum Gasteiger partial charge on any atom is 0.325 e. The van der Waals surface area contributed by atoms with Crippen molar-refractivity contribution in [3.8, 4) is 5.75 Å². The molecule has 1 fully saturated rings. The van der Waals surface area contributed by atoms with Crippen LogP contribution in [0.4, 0.5) is 16.3 Å². The van der Waals surface area contributed by atoms with Crippen molar-refractivity contribution in [2.45, 2.75) is 6.92 Å². The Morgan fingerprint density at radius 2 is 2.08 bits per heavy atom. The third kappa shape index (κ3) is 3.48. The minimum absolute atomic E-state index is 0.0285. The number of benzene rings is 1. The Morgan fingerprint density at radius 3 is 2.75 bits per heavy atom. The molecule has 8 heteroatoms. The van der Waals surface area contributed by atoms with Gasteiger partial charge in [-0.15, -0.1) is 0 Å². The molecule has 0 atom stereocenters. The summed E-state index contributed by atoms with van der Waals surface area (Å²) in [6, 6.07) is 8.66. The molecule has 1 aliphatic heterocycles. The normalized spacial score (nSPS) is 14.1. The zero-order chi connectivity index (χ0) is 16.9. The Balaban J connectivity index is 1.59. The van der Waals surface area contributed by atoms with Crippen LogP contribution in [0, 0.1) is 0 Å². The molecule has 2 aromatic rings. The minimum Gasteiger partial charge on any atom is -0.494 e. The highest BCUT2D eigenvalue weighted by atomic mass is 16.5. The first-order valence-corrected chi connectivity index (χ1v) is 7.67. The van der Waals surface area contributed by atoms with Crippen molar-refractivity contribution in [2.24, 2.45) is 0 Å². The second kappa shape index (κ2) is 7.03. The number of nitrogens with zero attached hydrogens (tertiary/aromatic N) is 3. The van der Waals surface area contributed by atoms with Crippen molar-refractivity contribution in [3.05, 3.63) is 36.6 Å². The molecule has 0 spiro atoms. The Kier molecular flexibility index (Phi) is 4.64. The molecule has 1 aromatic carbocycles. The molecule has 3 amide bonds. The number of anilines is 2. The van der Waals surface area contributed by atoms with Crippen LogP contribution in [-0.2, 0) is 4.79 Å². The second-order valence-corrected chi connectivity index (χ2v) is 5.22. The highest BCUT2D eigenvalue weighted by Gasteiger charge is 2.30. The lowest BCUT2D eigenvalue weighted by Crippen LogP contribution is -2.37. The average Bonchev–Trinajstić information content (AvgIpc) is 3.20. The molecule has 1 aliphatic rings. The quantitative estimate of drug-likeness (QED) is 0.874. The van der Waals surface area contributed by atoms with Gasteiger partial charge in [0.15, 0.2) is 5.82 Å². The zero-order valence-corrected chi connectivity index (χ0v) is 13.3. The van der Waals surface area contributed by atoms with E-state index in [1.165, 1.54) is 17.2 Å². The van der Waals surface area contributed by atoms with E-state index in [1.807, 2.05) is 31.2 Å². The summed E-state index contributed by atoms with van der Waals surface area (Å²) in [6.45, 7) is 3.50. The minimum atomic E-state index is -0.314. The van der Waals surface area contributed by atoms with Crippen molar-refractivity contribution >= 4 is 23.4 Å². The Morgan fingerprint density at radius 1 is 1.29 bits per heavy atom. The molecular weight excluding hydrogens is 312 g/mol. The van der Waals surface area contributed by atoms with Crippen molar-refractivity contribution in [2.75, 3.05) is 36.5 Å². The van der Waals surface area contributed by atoms with Crippen LogP contribution in [0.2, 0.25) is 0 Å². The van der Waals surface area contributed by atoms with Crippen LogP contribution in [0.3, 0.4) is 0 Å². The molecule has 0 bridgehead atoms. The lowest BCUT2D eigenvalue weighted by molar-refractivity contribution is -0.116. The van der Waals surface area contributed by atoms with E-state index in [0.29, 0.717) is 25.5 Å². The standard InChI is InChI=1S/C16H18N4O4/c1-2-23-13-5-3-12(4-6-13)20-9-8-19(16(20)22)11-15(21)17-14-7-10-24-18-14/h3-7,10H,2,8-9,11H2,1H3,(H,17,18,21). The SMILES string of the molecule is CCOc1ccc(N2CCN(CC(=O)Nc3ccon3)C2=O)cc1. The monoisotopic (exact) mass is 330 g/mol. The number of rotatable bonds is 6. The number of carbonyl (C=O) groups excluding carboxylic acids is 2. The van der Waals surface area contributed by atoms with Crippen LogP contribution < -0.4 is 15.0 Å². The van der Waals surface area contributed by atoms with E-state index in [0.717, 1.165) is 11.4 Å². The first-order chi connectivity index (χ1) is 11.7. The molecule has 24 heavy (non-hydrogen) atoms. The Bertz CT molecular complexity index is 699. The summed E-state index contributed by atoms with van der Waals surface area (Å²) in [4.78, 5) is 27.5. The number of carbonyl (C=O) groups is 2. The summed E-state index contributed by atoms with van der Waals surface area (Å²) >= 11 is 0. The summed E-state index contributed by atoms with van der Waals surface area (Å²) in [5.74, 6) is 0.776. The number of hydrogen-bond donors (Lipinski definition) is 1. The van der Waals surface area contributed by atoms with Gasteiger partial charge in [-0.2, -0.15) is 0 Å². The predicted molar refractivity (Wildman–Crippen MR) is 87.1 cm³/mol. The van der Waals surface area contributed by atoms with E-state index in [9.17, 15) is 9.59 Å². The van der Waals surface area contributed by atoms with Gasteiger partial charge in [-0.05, 0) is 31.2 Å². The van der Waals surface area contributed by atoms with Gasteiger partial charge in [-0.3, -0.25) is 9.69 Å². The Labute approximate surface area is 139 Å². The van der Waals surface area contributed by atoms with Gasteiger partial charge in [-0.1, -0.05) is 5.16 Å². The maximum absolute atomic E-state index is 12.5. The summed E-state index contributed by atoms with van der Waals surface area (Å²) < 4.78 is 10.0. The number of hydrogen-bond acceptors (Lipinski definition) is 5. The zero-order valence-electron chi connectivity index (χ0n) is 13.3. The molecule has 0 saturated carbocycles. The van der Waals surface area contributed by atoms with Crippen LogP contribution in [0.15, 0.2) is 41.1 Å². The van der Waals surface area contributed by atoms with Gasteiger partial charge in [0, 0.05) is 24.8 Å². The molecule has 0 radical (unpaired) electrons. The predicted octanol–water partition coefficient (Wildman–Crippen LogP) is 1.95. The third-order valence-electron chi connectivity index (χ3n) is 3.59. The van der Waals surface area contributed by atoms with Gasteiger partial charge in [0.2, 0.25) is 5.91 Å². The van der Waals surface area contributed by atoms with Gasteiger partial charge >= 0.3 is 6.03 Å². The van der Waals surface area contributed by atoms with Crippen molar-refractivity contribution < 1.29 is 18.8 Å². The van der Waals surface area contributed by atoms with E-state index in [1.54, 1.807) is 4.90 Å². The first kappa shape index (κ1) is 15.9.